The molecule has 1 aromatic rings. The summed E-state index contributed by atoms with van der Waals surface area (Å²) in [6, 6.07) is 5.38. The first kappa shape index (κ1) is 8.98. The number of carbonyl (C=O) groups excluding carboxylic acids is 1. The summed E-state index contributed by atoms with van der Waals surface area (Å²) in [6.45, 7) is 0.379. The number of rotatable bonds is 2. The molecule has 5 nitrogen and oxygen atoms in total. The quantitative estimate of drug-likeness (QED) is 0.668. The SMILES string of the molecule is NOCc1ccc2c(c1)OCC(=O)N2. The number of anilines is 1. The number of ether oxygens (including phenoxy) is 1. The second kappa shape index (κ2) is 3.65. The number of carbonyl (C=O) groups is 1. The third-order valence-electron chi connectivity index (χ3n) is 1.93. The Morgan fingerprint density at radius 2 is 2.43 bits per heavy atom. The van der Waals surface area contributed by atoms with E-state index in [4.69, 9.17) is 10.6 Å². The predicted octanol–water partition coefficient (Wildman–Crippen LogP) is 0.408. The summed E-state index contributed by atoms with van der Waals surface area (Å²) < 4.78 is 5.21. The highest BCUT2D eigenvalue weighted by Gasteiger charge is 2.15. The first-order chi connectivity index (χ1) is 6.79. The summed E-state index contributed by atoms with van der Waals surface area (Å²) in [7, 11) is 0. The van der Waals surface area contributed by atoms with Gasteiger partial charge in [-0.25, -0.2) is 5.90 Å². The van der Waals surface area contributed by atoms with Crippen LogP contribution in [0.25, 0.3) is 0 Å². The molecule has 14 heavy (non-hydrogen) atoms. The van der Waals surface area contributed by atoms with Crippen molar-refractivity contribution in [3.8, 4) is 5.75 Å². The maximum absolute atomic E-state index is 11.0. The van der Waals surface area contributed by atoms with Gasteiger partial charge in [0.1, 0.15) is 5.75 Å². The Morgan fingerprint density at radius 3 is 3.21 bits per heavy atom. The van der Waals surface area contributed by atoms with E-state index in [2.05, 4.69) is 10.2 Å². The Bertz CT molecular complexity index is 365. The molecule has 0 aliphatic carbocycles. The molecule has 0 saturated heterocycles. The molecule has 74 valence electrons. The van der Waals surface area contributed by atoms with Crippen molar-refractivity contribution in [1.82, 2.24) is 0 Å². The van der Waals surface area contributed by atoms with Crippen LogP contribution in [0.2, 0.25) is 0 Å². The van der Waals surface area contributed by atoms with Crippen LogP contribution in [-0.4, -0.2) is 12.5 Å². The lowest BCUT2D eigenvalue weighted by Crippen LogP contribution is -2.25. The summed E-state index contributed by atoms with van der Waals surface area (Å²) in [6.07, 6.45) is 0. The van der Waals surface area contributed by atoms with Gasteiger partial charge in [-0.05, 0) is 17.7 Å². The molecule has 1 aliphatic heterocycles. The Kier molecular flexibility index (Phi) is 2.34. The fourth-order valence-electron chi connectivity index (χ4n) is 1.31. The van der Waals surface area contributed by atoms with Crippen LogP contribution >= 0.6 is 0 Å². The molecule has 3 N–H and O–H groups in total. The Hall–Kier alpha value is -1.59. The molecule has 1 amide bonds. The maximum Gasteiger partial charge on any atom is 0.262 e. The molecule has 0 atom stereocenters. The molecule has 0 radical (unpaired) electrons. The number of nitrogens with one attached hydrogen (secondary N) is 1. The van der Waals surface area contributed by atoms with Gasteiger partial charge >= 0.3 is 0 Å². The zero-order chi connectivity index (χ0) is 9.97. The number of nitrogens with two attached hydrogens (primary N) is 1. The van der Waals surface area contributed by atoms with Crippen LogP contribution < -0.4 is 16.0 Å². The molecule has 1 heterocycles. The van der Waals surface area contributed by atoms with Gasteiger partial charge < -0.3 is 10.1 Å². The highest BCUT2D eigenvalue weighted by Crippen LogP contribution is 2.28. The van der Waals surface area contributed by atoms with Crippen molar-refractivity contribution in [2.75, 3.05) is 11.9 Å². The standard InChI is InChI=1S/C9H10N2O3/c10-14-4-6-1-2-7-8(3-6)13-5-9(12)11-7/h1-3H,4-5,10H2,(H,11,12). The molecule has 5 heteroatoms. The van der Waals surface area contributed by atoms with E-state index in [0.717, 1.165) is 5.56 Å². The Balaban J connectivity index is 2.26. The molecule has 0 saturated carbocycles. The lowest BCUT2D eigenvalue weighted by Gasteiger charge is -2.18. The average Bonchev–Trinajstić information content (AvgIpc) is 2.19. The minimum absolute atomic E-state index is 0.0555. The number of hydrogen-bond acceptors (Lipinski definition) is 4. The molecular formula is C9H10N2O3. The van der Waals surface area contributed by atoms with Gasteiger partial charge in [0.2, 0.25) is 0 Å². The van der Waals surface area contributed by atoms with Crippen molar-refractivity contribution in [3.63, 3.8) is 0 Å². The Labute approximate surface area is 80.8 Å². The molecule has 1 aliphatic rings. The second-order valence-electron chi connectivity index (χ2n) is 2.98. The zero-order valence-corrected chi connectivity index (χ0v) is 7.45. The third kappa shape index (κ3) is 1.68. The average molecular weight is 194 g/mol. The lowest BCUT2D eigenvalue weighted by atomic mass is 10.2. The largest absolute Gasteiger partial charge is 0.482 e. The van der Waals surface area contributed by atoms with Gasteiger partial charge in [0.25, 0.3) is 5.91 Å². The predicted molar refractivity (Wildman–Crippen MR) is 49.5 cm³/mol. The molecule has 1 aromatic carbocycles. The van der Waals surface area contributed by atoms with Crippen LogP contribution in [0.15, 0.2) is 18.2 Å². The van der Waals surface area contributed by atoms with Crippen molar-refractivity contribution < 1.29 is 14.4 Å². The number of fused-ring (bicyclic) bond motifs is 1. The molecule has 0 fully saturated rings. The van der Waals surface area contributed by atoms with Gasteiger partial charge in [-0.3, -0.25) is 9.63 Å². The van der Waals surface area contributed by atoms with Gasteiger partial charge in [0.05, 0.1) is 12.3 Å². The van der Waals surface area contributed by atoms with Gasteiger partial charge in [0.15, 0.2) is 6.61 Å². The molecule has 0 unspecified atom stereocenters. The van der Waals surface area contributed by atoms with Crippen LogP contribution in [0.3, 0.4) is 0 Å². The number of amides is 1. The van der Waals surface area contributed by atoms with Gasteiger partial charge in [-0.2, -0.15) is 0 Å². The first-order valence-electron chi connectivity index (χ1n) is 4.17. The maximum atomic E-state index is 11.0. The van der Waals surface area contributed by atoms with Crippen LogP contribution in [0.5, 0.6) is 5.75 Å². The molecular weight excluding hydrogens is 184 g/mol. The third-order valence-corrected chi connectivity index (χ3v) is 1.93. The Morgan fingerprint density at radius 1 is 1.57 bits per heavy atom. The van der Waals surface area contributed by atoms with E-state index >= 15 is 0 Å². The fraction of sp³-hybridized carbons (Fsp3) is 0.222. The van der Waals surface area contributed by atoms with Crippen molar-refractivity contribution in [2.24, 2.45) is 5.90 Å². The van der Waals surface area contributed by atoms with Gasteiger partial charge in [0, 0.05) is 0 Å². The van der Waals surface area contributed by atoms with Crippen LogP contribution in [0.1, 0.15) is 5.56 Å². The summed E-state index contributed by atoms with van der Waals surface area (Å²) in [4.78, 5) is 15.5. The summed E-state index contributed by atoms with van der Waals surface area (Å²) in [5.74, 6) is 5.46. The van der Waals surface area contributed by atoms with E-state index in [9.17, 15) is 4.79 Å². The van der Waals surface area contributed by atoms with Crippen molar-refractivity contribution >= 4 is 11.6 Å². The highest BCUT2D eigenvalue weighted by atomic mass is 16.6. The van der Waals surface area contributed by atoms with E-state index < -0.39 is 0 Å². The van der Waals surface area contributed by atoms with Gasteiger partial charge in [-0.15, -0.1) is 0 Å². The monoisotopic (exact) mass is 194 g/mol. The van der Waals surface area contributed by atoms with E-state index in [0.29, 0.717) is 18.0 Å². The summed E-state index contributed by atoms with van der Waals surface area (Å²) in [5, 5.41) is 2.69. The molecule has 0 spiro atoms. The highest BCUT2D eigenvalue weighted by molar-refractivity contribution is 5.95. The van der Waals surface area contributed by atoms with Crippen molar-refractivity contribution in [1.29, 1.82) is 0 Å². The molecule has 0 aromatic heterocycles. The van der Waals surface area contributed by atoms with E-state index in [1.165, 1.54) is 0 Å². The van der Waals surface area contributed by atoms with Gasteiger partial charge in [-0.1, -0.05) is 6.07 Å². The summed E-state index contributed by atoms with van der Waals surface area (Å²) in [5.41, 5.74) is 1.59. The van der Waals surface area contributed by atoms with Crippen molar-refractivity contribution in [2.45, 2.75) is 6.61 Å². The lowest BCUT2D eigenvalue weighted by molar-refractivity contribution is -0.118. The van der Waals surface area contributed by atoms with Crippen LogP contribution in [0, 0.1) is 0 Å². The number of hydrogen-bond donors (Lipinski definition) is 2. The second-order valence-corrected chi connectivity index (χ2v) is 2.98. The van der Waals surface area contributed by atoms with E-state index in [-0.39, 0.29) is 12.5 Å². The molecule has 0 bridgehead atoms. The van der Waals surface area contributed by atoms with E-state index in [1.54, 1.807) is 12.1 Å². The molecule has 2 rings (SSSR count). The van der Waals surface area contributed by atoms with Crippen molar-refractivity contribution in [3.05, 3.63) is 23.8 Å². The fourth-order valence-corrected chi connectivity index (χ4v) is 1.31. The van der Waals surface area contributed by atoms with E-state index in [1.807, 2.05) is 6.07 Å². The normalized spacial score (nSPS) is 14.2. The smallest absolute Gasteiger partial charge is 0.262 e. The summed E-state index contributed by atoms with van der Waals surface area (Å²) >= 11 is 0. The minimum atomic E-state index is -0.139. The minimum Gasteiger partial charge on any atom is -0.482 e. The van der Waals surface area contributed by atoms with Crippen LogP contribution in [0.4, 0.5) is 5.69 Å². The van der Waals surface area contributed by atoms with Crippen LogP contribution in [-0.2, 0) is 16.2 Å². The number of benzene rings is 1. The first-order valence-corrected chi connectivity index (χ1v) is 4.17. The topological polar surface area (TPSA) is 73.6 Å². The zero-order valence-electron chi connectivity index (χ0n) is 7.45.